The van der Waals surface area contributed by atoms with E-state index in [-0.39, 0.29) is 0 Å². The second-order valence-electron chi connectivity index (χ2n) is 7.45. The van der Waals surface area contributed by atoms with Crippen LogP contribution in [0.5, 0.6) is 11.5 Å². The minimum Gasteiger partial charge on any atom is -0.457 e. The van der Waals surface area contributed by atoms with E-state index in [1.807, 2.05) is 30.3 Å². The van der Waals surface area contributed by atoms with Crippen LogP contribution in [0.4, 0.5) is 0 Å². The molecule has 0 spiro atoms. The standard InChI is InChI=1S/C28H18O/c1-3-7-19(8-4-1)24-15-20-11-13-22-17-26(29-25-9-5-2-6-10-25)18-23-14-12-21(16-24)27(20)28(22)23/h1-18H. The zero-order valence-corrected chi connectivity index (χ0v) is 15.8. The van der Waals surface area contributed by atoms with Gasteiger partial charge in [-0.1, -0.05) is 72.8 Å². The number of hydrogen-bond acceptors (Lipinski definition) is 1. The summed E-state index contributed by atoms with van der Waals surface area (Å²) >= 11 is 0. The maximum Gasteiger partial charge on any atom is 0.128 e. The molecule has 0 aliphatic rings. The first kappa shape index (κ1) is 16.1. The van der Waals surface area contributed by atoms with Crippen LogP contribution >= 0.6 is 0 Å². The predicted molar refractivity (Wildman–Crippen MR) is 122 cm³/mol. The van der Waals surface area contributed by atoms with Crippen molar-refractivity contribution in [3.63, 3.8) is 0 Å². The molecule has 6 rings (SSSR count). The van der Waals surface area contributed by atoms with Crippen molar-refractivity contribution in [2.45, 2.75) is 0 Å². The molecule has 0 saturated carbocycles. The summed E-state index contributed by atoms with van der Waals surface area (Å²) in [5, 5.41) is 7.59. The van der Waals surface area contributed by atoms with Gasteiger partial charge in [-0.2, -0.15) is 0 Å². The van der Waals surface area contributed by atoms with Gasteiger partial charge in [0.1, 0.15) is 11.5 Å². The molecule has 6 aromatic carbocycles. The van der Waals surface area contributed by atoms with Crippen LogP contribution in [0.2, 0.25) is 0 Å². The first-order valence-electron chi connectivity index (χ1n) is 9.86. The molecule has 1 nitrogen and oxygen atoms in total. The SMILES string of the molecule is c1ccc(Oc2cc3ccc4cc(-c5ccccc5)cc5ccc(c2)c3c45)cc1. The van der Waals surface area contributed by atoms with Crippen molar-refractivity contribution >= 4 is 32.3 Å². The zero-order chi connectivity index (χ0) is 19.2. The molecular formula is C28H18O. The highest BCUT2D eigenvalue weighted by Gasteiger charge is 2.12. The van der Waals surface area contributed by atoms with Crippen LogP contribution < -0.4 is 4.74 Å². The molecule has 0 amide bonds. The maximum atomic E-state index is 6.10. The molecule has 136 valence electrons. The number of ether oxygens (including phenoxy) is 1. The molecular weight excluding hydrogens is 352 g/mol. The van der Waals surface area contributed by atoms with Crippen molar-refractivity contribution in [1.29, 1.82) is 0 Å². The second kappa shape index (κ2) is 6.35. The zero-order valence-electron chi connectivity index (χ0n) is 15.8. The summed E-state index contributed by atoms with van der Waals surface area (Å²) in [5.41, 5.74) is 2.50. The lowest BCUT2D eigenvalue weighted by molar-refractivity contribution is 0.484. The van der Waals surface area contributed by atoms with E-state index in [4.69, 9.17) is 4.74 Å². The summed E-state index contributed by atoms with van der Waals surface area (Å²) in [6.45, 7) is 0. The lowest BCUT2D eigenvalue weighted by atomic mass is 9.91. The summed E-state index contributed by atoms with van der Waals surface area (Å²) < 4.78 is 6.10. The van der Waals surface area contributed by atoms with E-state index in [1.54, 1.807) is 0 Å². The maximum absolute atomic E-state index is 6.10. The van der Waals surface area contributed by atoms with Crippen LogP contribution in [0.25, 0.3) is 43.4 Å². The topological polar surface area (TPSA) is 9.23 Å². The first-order valence-corrected chi connectivity index (χ1v) is 9.86. The van der Waals surface area contributed by atoms with Crippen molar-refractivity contribution in [1.82, 2.24) is 0 Å². The van der Waals surface area contributed by atoms with Gasteiger partial charge in [0.05, 0.1) is 0 Å². The van der Waals surface area contributed by atoms with Gasteiger partial charge < -0.3 is 4.74 Å². The fourth-order valence-corrected chi connectivity index (χ4v) is 4.29. The van der Waals surface area contributed by atoms with Crippen LogP contribution in [0.15, 0.2) is 109 Å². The Morgan fingerprint density at radius 3 is 1.41 bits per heavy atom. The predicted octanol–water partition coefficient (Wildman–Crippen LogP) is 8.04. The molecule has 6 aromatic rings. The number of hydrogen-bond donors (Lipinski definition) is 0. The van der Waals surface area contributed by atoms with Gasteiger partial charge in [-0.25, -0.2) is 0 Å². The highest BCUT2D eigenvalue weighted by atomic mass is 16.5. The smallest absolute Gasteiger partial charge is 0.128 e. The Morgan fingerprint density at radius 2 is 0.862 bits per heavy atom. The summed E-state index contributed by atoms with van der Waals surface area (Å²) in [6.07, 6.45) is 0. The van der Waals surface area contributed by atoms with Crippen LogP contribution in [0, 0.1) is 0 Å². The molecule has 0 fully saturated rings. The summed E-state index contributed by atoms with van der Waals surface area (Å²) in [7, 11) is 0. The van der Waals surface area contributed by atoms with Gasteiger partial charge in [-0.3, -0.25) is 0 Å². The van der Waals surface area contributed by atoms with Gasteiger partial charge in [0, 0.05) is 0 Å². The molecule has 0 saturated heterocycles. The van der Waals surface area contributed by atoms with E-state index in [9.17, 15) is 0 Å². The summed E-state index contributed by atoms with van der Waals surface area (Å²) in [6, 6.07) is 38.2. The highest BCUT2D eigenvalue weighted by Crippen LogP contribution is 2.39. The normalized spacial score (nSPS) is 11.4. The number of para-hydroxylation sites is 1. The lowest BCUT2D eigenvalue weighted by Crippen LogP contribution is -1.88. The minimum atomic E-state index is 0.854. The van der Waals surface area contributed by atoms with Gasteiger partial charge in [-0.15, -0.1) is 0 Å². The summed E-state index contributed by atoms with van der Waals surface area (Å²) in [4.78, 5) is 0. The monoisotopic (exact) mass is 370 g/mol. The van der Waals surface area contributed by atoms with Gasteiger partial charge in [0.2, 0.25) is 0 Å². The van der Waals surface area contributed by atoms with Crippen molar-refractivity contribution in [3.8, 4) is 22.6 Å². The van der Waals surface area contributed by atoms with Crippen LogP contribution in [0.1, 0.15) is 0 Å². The Hall–Kier alpha value is -3.84. The average Bonchev–Trinajstić information content (AvgIpc) is 2.78. The van der Waals surface area contributed by atoms with E-state index in [2.05, 4.69) is 78.9 Å². The third kappa shape index (κ3) is 2.71. The number of rotatable bonds is 3. The van der Waals surface area contributed by atoms with Gasteiger partial charge >= 0.3 is 0 Å². The second-order valence-corrected chi connectivity index (χ2v) is 7.45. The Bertz CT molecular complexity index is 1380. The van der Waals surface area contributed by atoms with Crippen molar-refractivity contribution < 1.29 is 4.74 Å². The Labute approximate surface area is 169 Å². The molecule has 1 heteroatoms. The molecule has 0 radical (unpaired) electrons. The fraction of sp³-hybridized carbons (Fsp3) is 0. The van der Waals surface area contributed by atoms with E-state index in [0.29, 0.717) is 0 Å². The molecule has 0 aromatic heterocycles. The first-order chi connectivity index (χ1) is 14.3. The molecule has 0 atom stereocenters. The third-order valence-corrected chi connectivity index (χ3v) is 5.59. The quantitative estimate of drug-likeness (QED) is 0.286. The van der Waals surface area contributed by atoms with E-state index in [0.717, 1.165) is 11.5 Å². The Balaban J connectivity index is 1.55. The van der Waals surface area contributed by atoms with E-state index in [1.165, 1.54) is 43.4 Å². The third-order valence-electron chi connectivity index (χ3n) is 5.59. The highest BCUT2D eigenvalue weighted by molar-refractivity contribution is 6.24. The van der Waals surface area contributed by atoms with Crippen LogP contribution in [-0.4, -0.2) is 0 Å². The lowest BCUT2D eigenvalue weighted by Gasteiger charge is -2.14. The molecule has 0 heterocycles. The van der Waals surface area contributed by atoms with Crippen LogP contribution in [0.3, 0.4) is 0 Å². The van der Waals surface area contributed by atoms with E-state index < -0.39 is 0 Å². The van der Waals surface area contributed by atoms with Crippen molar-refractivity contribution in [2.75, 3.05) is 0 Å². The molecule has 0 N–H and O–H groups in total. The largest absolute Gasteiger partial charge is 0.457 e. The van der Waals surface area contributed by atoms with Gasteiger partial charge in [0.15, 0.2) is 0 Å². The van der Waals surface area contributed by atoms with Crippen molar-refractivity contribution in [3.05, 3.63) is 109 Å². The molecule has 29 heavy (non-hydrogen) atoms. The molecule has 0 bridgehead atoms. The molecule has 0 aliphatic heterocycles. The molecule has 0 unspecified atom stereocenters. The van der Waals surface area contributed by atoms with Crippen molar-refractivity contribution in [2.24, 2.45) is 0 Å². The average molecular weight is 370 g/mol. The molecule has 0 aliphatic carbocycles. The Kier molecular flexibility index (Phi) is 3.54. The fourth-order valence-electron chi connectivity index (χ4n) is 4.29. The van der Waals surface area contributed by atoms with Crippen LogP contribution in [-0.2, 0) is 0 Å². The van der Waals surface area contributed by atoms with E-state index >= 15 is 0 Å². The minimum absolute atomic E-state index is 0.854. The number of benzene rings is 6. The Morgan fingerprint density at radius 1 is 0.379 bits per heavy atom. The van der Waals surface area contributed by atoms with Gasteiger partial charge in [-0.05, 0) is 79.8 Å². The summed E-state index contributed by atoms with van der Waals surface area (Å²) in [5.74, 6) is 1.72. The van der Waals surface area contributed by atoms with Gasteiger partial charge in [0.25, 0.3) is 0 Å².